The predicted molar refractivity (Wildman–Crippen MR) is 326 cm³/mol. The molecule has 0 saturated carbocycles. The Morgan fingerprint density at radius 1 is 0.393 bits per heavy atom. The van der Waals surface area contributed by atoms with Crippen molar-refractivity contribution in [2.45, 2.75) is 44.6 Å². The Balaban J connectivity index is 1.30. The molecule has 10 amide bonds. The number of rotatable bonds is 9. The minimum absolute atomic E-state index is 0.00162. The van der Waals surface area contributed by atoms with E-state index < -0.39 is 82.2 Å². The summed E-state index contributed by atoms with van der Waals surface area (Å²) in [6.07, 6.45) is 1.64. The van der Waals surface area contributed by atoms with Gasteiger partial charge < -0.3 is 74.0 Å². The summed E-state index contributed by atoms with van der Waals surface area (Å²) >= 11 is 0. The van der Waals surface area contributed by atoms with Gasteiger partial charge in [-0.15, -0.1) is 0 Å². The molecule has 15 N–H and O–H groups in total. The number of aromatic hydroxyl groups is 4. The number of phenols is 4. The van der Waals surface area contributed by atoms with E-state index in [4.69, 9.17) is 5.73 Å². The number of hydrogen-bond donors (Lipinski definition) is 14. The van der Waals surface area contributed by atoms with Gasteiger partial charge in [0, 0.05) is 150 Å². The maximum Gasteiger partial charge on any atom is 0.255 e. The molecular weight excluding hydrogens is 1150 g/mol. The van der Waals surface area contributed by atoms with Gasteiger partial charge in [0.2, 0.25) is 11.8 Å². The number of primary amides is 1. The van der Waals surface area contributed by atoms with Gasteiger partial charge in [0.15, 0.2) is 0 Å². The summed E-state index contributed by atoms with van der Waals surface area (Å²) in [7, 11) is 0. The van der Waals surface area contributed by atoms with Crippen molar-refractivity contribution in [3.8, 4) is 23.0 Å². The molecule has 3 atom stereocenters. The van der Waals surface area contributed by atoms with Gasteiger partial charge in [-0.25, -0.2) is 0 Å². The van der Waals surface area contributed by atoms with Gasteiger partial charge in [0.05, 0.1) is 44.5 Å². The topological polar surface area (TPSA) is 399 Å². The van der Waals surface area contributed by atoms with Gasteiger partial charge in [-0.2, -0.15) is 0 Å². The molecule has 0 fully saturated rings. The van der Waals surface area contributed by atoms with Crippen LogP contribution in [0.1, 0.15) is 121 Å². The molecule has 4 heterocycles. The van der Waals surface area contributed by atoms with E-state index in [0.29, 0.717) is 19.3 Å². The first-order valence-corrected chi connectivity index (χ1v) is 29.9. The Hall–Kier alpha value is -9.38. The normalized spacial score (nSPS) is 21.1. The van der Waals surface area contributed by atoms with Crippen LogP contribution < -0.4 is 53.6 Å². The molecule has 3 unspecified atom stereocenters. The first kappa shape index (κ1) is 67.1. The molecule has 4 aliphatic rings. The highest BCUT2D eigenvalue weighted by atomic mass is 16.3. The van der Waals surface area contributed by atoms with Crippen LogP contribution in [-0.4, -0.2) is 236 Å². The lowest BCUT2D eigenvalue weighted by atomic mass is 10.0. The van der Waals surface area contributed by atoms with Crippen LogP contribution >= 0.6 is 0 Å². The Morgan fingerprint density at radius 2 is 0.674 bits per heavy atom. The van der Waals surface area contributed by atoms with Crippen LogP contribution in [-0.2, 0) is 9.59 Å². The van der Waals surface area contributed by atoms with Crippen LogP contribution in [0.2, 0.25) is 0 Å². The number of amides is 10. The van der Waals surface area contributed by atoms with E-state index >= 15 is 0 Å². The smallest absolute Gasteiger partial charge is 0.255 e. The zero-order valence-electron chi connectivity index (χ0n) is 49.6. The largest absolute Gasteiger partial charge is 0.506 e. The predicted octanol–water partition coefficient (Wildman–Crippen LogP) is -0.993. The Bertz CT molecular complexity index is 3130. The van der Waals surface area contributed by atoms with Crippen molar-refractivity contribution >= 4 is 59.1 Å². The average Bonchev–Trinajstić information content (AvgIpc) is 2.32. The minimum Gasteiger partial charge on any atom is -0.506 e. The van der Waals surface area contributed by atoms with Crippen molar-refractivity contribution in [1.29, 1.82) is 0 Å². The van der Waals surface area contributed by atoms with E-state index in [1.807, 2.05) is 19.6 Å². The monoisotopic (exact) mass is 1230 g/mol. The molecule has 0 spiro atoms. The van der Waals surface area contributed by atoms with Crippen molar-refractivity contribution in [3.63, 3.8) is 0 Å². The zero-order valence-corrected chi connectivity index (χ0v) is 49.6. The molecule has 28 nitrogen and oxygen atoms in total. The number of fused-ring (bicyclic) bond motifs is 16. The molecule has 12 bridgehead atoms. The Labute approximate surface area is 514 Å². The number of phenolic OH excluding ortho intramolecular Hbond substituents is 4. The number of hydrogen-bond acceptors (Lipinski definition) is 18. The number of benzene rings is 4. The number of nitrogens with zero attached hydrogens (tertiary/aromatic N) is 4. The first-order chi connectivity index (χ1) is 42.9. The molecule has 478 valence electrons. The lowest BCUT2D eigenvalue weighted by molar-refractivity contribution is -0.121. The molecule has 8 rings (SSSR count). The third kappa shape index (κ3) is 19.8. The molecule has 28 heteroatoms. The van der Waals surface area contributed by atoms with E-state index in [1.54, 1.807) is 0 Å². The summed E-state index contributed by atoms with van der Waals surface area (Å²) < 4.78 is 0. The lowest BCUT2D eigenvalue weighted by Crippen LogP contribution is -2.49. The zero-order chi connectivity index (χ0) is 63.8. The third-order valence-corrected chi connectivity index (χ3v) is 15.5. The molecule has 4 aromatic carbocycles. The van der Waals surface area contributed by atoms with Crippen LogP contribution in [0.25, 0.3) is 0 Å². The summed E-state index contributed by atoms with van der Waals surface area (Å²) in [4.78, 5) is 143. The molecular formula is C61H80N14O14. The van der Waals surface area contributed by atoms with Crippen LogP contribution in [0.15, 0.2) is 72.8 Å². The Kier molecular flexibility index (Phi) is 25.4. The Morgan fingerprint density at radius 3 is 0.978 bits per heavy atom. The fraction of sp³-hybridized carbons (Fsp3) is 0.443. The van der Waals surface area contributed by atoms with Crippen LogP contribution in [0.3, 0.4) is 0 Å². The van der Waals surface area contributed by atoms with E-state index in [0.717, 1.165) is 0 Å². The SMILES string of the molecule is NC(=O)CCCC(=O)NCCCCC1CN2CCNC(=O)c3cccc(c3O)C(=O)NCCN(CCNC(=O)c3cccc(c3O)C(=O)N1)CCN1CCNC(=O)c3cccc(c3O)C(=O)NCCN(CCNC(=O)c3cccc(c3O)C(=O)NCC1)CC2. The molecule has 0 aromatic heterocycles. The minimum atomic E-state index is -0.711. The number of nitrogens with one attached hydrogen (secondary N) is 9. The maximum absolute atomic E-state index is 14.5. The summed E-state index contributed by atoms with van der Waals surface area (Å²) in [5, 5.41) is 71.5. The van der Waals surface area contributed by atoms with E-state index in [-0.39, 0.29) is 201 Å². The molecule has 0 radical (unpaired) electrons. The second kappa shape index (κ2) is 33.7. The van der Waals surface area contributed by atoms with Gasteiger partial charge in [0.1, 0.15) is 23.0 Å². The first-order valence-electron chi connectivity index (χ1n) is 29.9. The molecule has 0 aliphatic carbocycles. The van der Waals surface area contributed by atoms with Gasteiger partial charge in [-0.1, -0.05) is 24.3 Å². The highest BCUT2D eigenvalue weighted by molar-refractivity contribution is 6.06. The highest BCUT2D eigenvalue weighted by Gasteiger charge is 2.27. The number of carbonyl (C=O) groups is 10. The molecule has 0 saturated heterocycles. The third-order valence-electron chi connectivity index (χ3n) is 15.5. The van der Waals surface area contributed by atoms with Crippen LogP contribution in [0.5, 0.6) is 23.0 Å². The summed E-state index contributed by atoms with van der Waals surface area (Å²) in [5.41, 5.74) is 3.87. The van der Waals surface area contributed by atoms with Gasteiger partial charge in [0.25, 0.3) is 47.3 Å². The van der Waals surface area contributed by atoms with E-state index in [2.05, 4.69) is 47.9 Å². The van der Waals surface area contributed by atoms with Crippen molar-refractivity contribution in [3.05, 3.63) is 117 Å². The van der Waals surface area contributed by atoms with Crippen molar-refractivity contribution < 1.29 is 68.4 Å². The van der Waals surface area contributed by atoms with Gasteiger partial charge in [-0.3, -0.25) is 67.5 Å². The maximum atomic E-state index is 14.5. The summed E-state index contributed by atoms with van der Waals surface area (Å²) in [5.74, 6) is -8.50. The quantitative estimate of drug-likeness (QED) is 0.0895. The van der Waals surface area contributed by atoms with E-state index in [9.17, 15) is 68.4 Å². The lowest BCUT2D eigenvalue weighted by Gasteiger charge is -2.31. The van der Waals surface area contributed by atoms with Crippen molar-refractivity contribution in [1.82, 2.24) is 67.5 Å². The summed E-state index contributed by atoms with van der Waals surface area (Å²) in [6, 6.07) is 16.2. The van der Waals surface area contributed by atoms with Crippen molar-refractivity contribution in [2.75, 3.05) is 131 Å². The van der Waals surface area contributed by atoms with Gasteiger partial charge in [-0.05, 0) is 74.2 Å². The number of para-hydroxylation sites is 4. The van der Waals surface area contributed by atoms with Crippen LogP contribution in [0, 0.1) is 0 Å². The second-order valence-electron chi connectivity index (χ2n) is 21.8. The van der Waals surface area contributed by atoms with Gasteiger partial charge >= 0.3 is 0 Å². The average molecular weight is 1230 g/mol. The van der Waals surface area contributed by atoms with Crippen LogP contribution in [0.4, 0.5) is 0 Å². The number of unbranched alkanes of at least 4 members (excludes halogenated alkanes) is 1. The fourth-order valence-corrected chi connectivity index (χ4v) is 10.5. The number of nitrogens with two attached hydrogens (primary N) is 1. The molecule has 89 heavy (non-hydrogen) atoms. The standard InChI is InChI=1S/C61H80N14O14/c62-48(76)17-7-18-49(77)63-19-2-1-8-39-38-75-33-26-70-59(87)45-14-5-13-44(52(45)80)56(84)66-22-29-73(30-23-69-60(88)46-15-6-16-47(53(46)81)61(89)71-39)35-34-72-27-20-64-54(82)40-9-3-11-42(50(40)78)57(85)67-24-31-74(36-37-75)32-25-68-58(86)43-12-4-10-41(51(43)79)55(83)65-21-28-72/h3-6,9-16,39,78-81H,1-2,7-8,17-38H2,(H2,62,76)(H,63,77)(H,64,82)(H,65,83)(H,66,84)(H,67,85)(H,68,86)(H,69,88)(H,70,87)(H,71,89). The second-order valence-corrected chi connectivity index (χ2v) is 21.8. The highest BCUT2D eigenvalue weighted by Crippen LogP contribution is 2.26. The fourth-order valence-electron chi connectivity index (χ4n) is 10.5. The molecule has 4 aromatic rings. The number of carbonyl (C=O) groups excluding carboxylic acids is 10. The summed E-state index contributed by atoms with van der Waals surface area (Å²) in [6.45, 7) is 2.06. The van der Waals surface area contributed by atoms with Crippen molar-refractivity contribution in [2.24, 2.45) is 5.73 Å². The molecule has 4 aliphatic heterocycles. The van der Waals surface area contributed by atoms with E-state index in [1.165, 1.54) is 72.8 Å².